The monoisotopic (exact) mass is 854 g/mol. The Bertz CT molecular complexity index is 3870. The maximum Gasteiger partial charge on any atom is 0.0619 e. The number of nitrogens with zero attached hydrogens (tertiary/aromatic N) is 2. The minimum absolute atomic E-state index is 0.0223. The van der Waals surface area contributed by atoms with Gasteiger partial charge >= 0.3 is 0 Å². The van der Waals surface area contributed by atoms with Crippen LogP contribution in [0.5, 0.6) is 0 Å². The highest BCUT2D eigenvalue weighted by Crippen LogP contribution is 2.50. The average Bonchev–Trinajstić information content (AvgIpc) is 3.85. The summed E-state index contributed by atoms with van der Waals surface area (Å²) in [6.45, 7) is 4.69. The Hall–Kier alpha value is -8.46. The standard InChI is InChI=1S/C65H46N2/c1-65(2)61-27-10-8-21-57(61)60-42-46(34-40-62(60)65)43-29-35-49(36-30-43)66(51-19-12-16-47(41-51)53-23-13-25-55-52-20-7-6-15-44(52)33-39-56(53)55)50-37-31-45(32-38-50)54-24-14-26-59-58-22-9-11-28-63(58)67(64(54)59)48-17-4-3-5-18-48/h3-42H,1-2H3. The van der Waals surface area contributed by atoms with Crippen molar-refractivity contribution in [1.29, 1.82) is 0 Å². The van der Waals surface area contributed by atoms with E-state index in [1.807, 2.05) is 0 Å². The second-order valence-electron chi connectivity index (χ2n) is 18.5. The fraction of sp³-hybridized carbons (Fsp3) is 0.0462. The molecule has 0 amide bonds. The summed E-state index contributed by atoms with van der Waals surface area (Å²) >= 11 is 0. The molecule has 316 valence electrons. The topological polar surface area (TPSA) is 8.17 Å². The molecule has 0 aliphatic heterocycles. The first-order valence-electron chi connectivity index (χ1n) is 23.3. The zero-order valence-electron chi connectivity index (χ0n) is 37.5. The summed E-state index contributed by atoms with van der Waals surface area (Å²) < 4.78 is 2.42. The lowest BCUT2D eigenvalue weighted by atomic mass is 9.82. The summed E-state index contributed by atoms with van der Waals surface area (Å²) in [7, 11) is 0. The molecule has 1 aromatic heterocycles. The highest BCUT2D eigenvalue weighted by molar-refractivity contribution is 6.14. The van der Waals surface area contributed by atoms with E-state index in [1.165, 1.54) is 99.0 Å². The third-order valence-electron chi connectivity index (χ3n) is 14.4. The molecule has 0 saturated carbocycles. The van der Waals surface area contributed by atoms with Gasteiger partial charge in [0.25, 0.3) is 0 Å². The number of rotatable bonds is 7. The lowest BCUT2D eigenvalue weighted by Gasteiger charge is -2.27. The van der Waals surface area contributed by atoms with E-state index >= 15 is 0 Å². The predicted octanol–water partition coefficient (Wildman–Crippen LogP) is 17.9. The van der Waals surface area contributed by atoms with Gasteiger partial charge in [-0.1, -0.05) is 196 Å². The van der Waals surface area contributed by atoms with Crippen molar-refractivity contribution >= 4 is 60.4 Å². The molecule has 0 atom stereocenters. The van der Waals surface area contributed by atoms with E-state index in [2.05, 4.69) is 266 Å². The van der Waals surface area contributed by atoms with Crippen molar-refractivity contribution < 1.29 is 0 Å². The van der Waals surface area contributed by atoms with Crippen LogP contribution >= 0.6 is 0 Å². The van der Waals surface area contributed by atoms with E-state index in [4.69, 9.17) is 0 Å². The van der Waals surface area contributed by atoms with Gasteiger partial charge in [-0.3, -0.25) is 0 Å². The van der Waals surface area contributed by atoms with Crippen LogP contribution in [0.2, 0.25) is 0 Å². The summed E-state index contributed by atoms with van der Waals surface area (Å²) in [6.07, 6.45) is 0. The van der Waals surface area contributed by atoms with Gasteiger partial charge in [-0.2, -0.15) is 0 Å². The van der Waals surface area contributed by atoms with E-state index in [1.54, 1.807) is 0 Å². The molecule has 11 aromatic carbocycles. The Balaban J connectivity index is 0.939. The third kappa shape index (κ3) is 6.25. The largest absolute Gasteiger partial charge is 0.310 e. The van der Waals surface area contributed by atoms with Crippen molar-refractivity contribution in [3.63, 3.8) is 0 Å². The van der Waals surface area contributed by atoms with Crippen molar-refractivity contribution in [2.24, 2.45) is 0 Å². The summed E-state index contributed by atoms with van der Waals surface area (Å²) in [5.41, 5.74) is 19.5. The zero-order valence-corrected chi connectivity index (χ0v) is 37.5. The summed E-state index contributed by atoms with van der Waals surface area (Å²) in [4.78, 5) is 2.40. The van der Waals surface area contributed by atoms with E-state index in [9.17, 15) is 0 Å². The highest BCUT2D eigenvalue weighted by atomic mass is 15.1. The van der Waals surface area contributed by atoms with Crippen LogP contribution in [-0.4, -0.2) is 4.57 Å². The Kier molecular flexibility index (Phi) is 8.91. The Morgan fingerprint density at radius 3 is 1.76 bits per heavy atom. The molecule has 1 heterocycles. The van der Waals surface area contributed by atoms with Gasteiger partial charge in [0, 0.05) is 44.5 Å². The second-order valence-corrected chi connectivity index (χ2v) is 18.5. The lowest BCUT2D eigenvalue weighted by Crippen LogP contribution is -2.14. The SMILES string of the molecule is CC1(C)c2ccccc2-c2cc(-c3ccc(N(c4ccc(-c5cccc6c7ccccc7n(-c7ccccc7)c56)cc4)c4cccc(-c5cccc6c5ccc5ccccc56)c4)cc3)ccc21. The molecule has 0 N–H and O–H groups in total. The minimum atomic E-state index is -0.0223. The smallest absolute Gasteiger partial charge is 0.0619 e. The number of hydrogen-bond acceptors (Lipinski definition) is 1. The average molecular weight is 855 g/mol. The lowest BCUT2D eigenvalue weighted by molar-refractivity contribution is 0.660. The van der Waals surface area contributed by atoms with Crippen molar-refractivity contribution in [1.82, 2.24) is 4.57 Å². The Morgan fingerprint density at radius 2 is 0.940 bits per heavy atom. The van der Waals surface area contributed by atoms with Crippen LogP contribution in [0.15, 0.2) is 243 Å². The number of hydrogen-bond donors (Lipinski definition) is 0. The Labute approximate surface area is 391 Å². The molecule has 1 aliphatic carbocycles. The van der Waals surface area contributed by atoms with Gasteiger partial charge in [-0.05, 0) is 132 Å². The number of aromatic nitrogens is 1. The van der Waals surface area contributed by atoms with Crippen LogP contribution in [0.1, 0.15) is 25.0 Å². The quantitative estimate of drug-likeness (QED) is 0.145. The van der Waals surface area contributed by atoms with Crippen LogP contribution in [0, 0.1) is 0 Å². The third-order valence-corrected chi connectivity index (χ3v) is 14.4. The molecule has 0 bridgehead atoms. The number of para-hydroxylation sites is 3. The van der Waals surface area contributed by atoms with E-state index in [-0.39, 0.29) is 5.41 Å². The molecule has 0 fully saturated rings. The van der Waals surface area contributed by atoms with Gasteiger partial charge in [0.15, 0.2) is 0 Å². The number of anilines is 3. The molecule has 2 heteroatoms. The maximum absolute atomic E-state index is 2.42. The fourth-order valence-electron chi connectivity index (χ4n) is 11.1. The minimum Gasteiger partial charge on any atom is -0.310 e. The van der Waals surface area contributed by atoms with Crippen LogP contribution in [-0.2, 0) is 5.41 Å². The van der Waals surface area contributed by atoms with Gasteiger partial charge in [-0.25, -0.2) is 0 Å². The van der Waals surface area contributed by atoms with Crippen LogP contribution < -0.4 is 4.90 Å². The molecule has 0 unspecified atom stereocenters. The molecule has 0 saturated heterocycles. The second kappa shape index (κ2) is 15.3. The summed E-state index contributed by atoms with van der Waals surface area (Å²) in [5.74, 6) is 0. The fourth-order valence-corrected chi connectivity index (χ4v) is 11.1. The predicted molar refractivity (Wildman–Crippen MR) is 284 cm³/mol. The van der Waals surface area contributed by atoms with Gasteiger partial charge in [0.05, 0.1) is 11.0 Å². The van der Waals surface area contributed by atoms with Crippen molar-refractivity contribution in [2.45, 2.75) is 19.3 Å². The van der Waals surface area contributed by atoms with Crippen LogP contribution in [0.25, 0.3) is 93.5 Å². The first-order chi connectivity index (χ1) is 33.0. The molecule has 1 aliphatic rings. The highest BCUT2D eigenvalue weighted by Gasteiger charge is 2.35. The molecule has 2 nitrogen and oxygen atoms in total. The molecule has 0 spiro atoms. The summed E-state index contributed by atoms with van der Waals surface area (Å²) in [5, 5.41) is 7.55. The van der Waals surface area contributed by atoms with E-state index < -0.39 is 0 Å². The molecular formula is C65H46N2. The van der Waals surface area contributed by atoms with Gasteiger partial charge < -0.3 is 9.47 Å². The van der Waals surface area contributed by atoms with Crippen LogP contribution in [0.3, 0.4) is 0 Å². The van der Waals surface area contributed by atoms with E-state index in [0.717, 1.165) is 22.7 Å². The molecule has 12 aromatic rings. The van der Waals surface area contributed by atoms with Crippen molar-refractivity contribution in [3.8, 4) is 50.2 Å². The van der Waals surface area contributed by atoms with Crippen molar-refractivity contribution in [3.05, 3.63) is 254 Å². The van der Waals surface area contributed by atoms with E-state index in [0.29, 0.717) is 0 Å². The molecule has 0 radical (unpaired) electrons. The normalized spacial score (nSPS) is 12.7. The number of fused-ring (bicyclic) bond motifs is 9. The van der Waals surface area contributed by atoms with Gasteiger partial charge in [0.1, 0.15) is 0 Å². The summed E-state index contributed by atoms with van der Waals surface area (Å²) in [6, 6.07) is 89.4. The first kappa shape index (κ1) is 39.0. The van der Waals surface area contributed by atoms with Gasteiger partial charge in [-0.15, -0.1) is 0 Å². The first-order valence-corrected chi connectivity index (χ1v) is 23.3. The number of benzene rings is 11. The molecular weight excluding hydrogens is 809 g/mol. The van der Waals surface area contributed by atoms with Crippen molar-refractivity contribution in [2.75, 3.05) is 4.90 Å². The molecule has 67 heavy (non-hydrogen) atoms. The van der Waals surface area contributed by atoms with Crippen LogP contribution in [0.4, 0.5) is 17.1 Å². The maximum atomic E-state index is 2.42. The zero-order chi connectivity index (χ0) is 44.6. The van der Waals surface area contributed by atoms with Gasteiger partial charge in [0.2, 0.25) is 0 Å². The molecule has 13 rings (SSSR count). The Morgan fingerprint density at radius 1 is 0.328 bits per heavy atom.